The Bertz CT molecular complexity index is 4260. The first-order valence-electron chi connectivity index (χ1n) is 29.0. The summed E-state index contributed by atoms with van der Waals surface area (Å²) in [6.45, 7) is 0.601. The number of imidazole rings is 1. The van der Waals surface area contributed by atoms with Crippen LogP contribution in [0, 0.1) is 20.0 Å². The van der Waals surface area contributed by atoms with Gasteiger partial charge < -0.3 is 4.74 Å². The van der Waals surface area contributed by atoms with Gasteiger partial charge in [-0.15, -0.1) is 0 Å². The number of rotatable bonds is 8. The molecule has 0 saturated heterocycles. The topological polar surface area (TPSA) is 35.9 Å². The van der Waals surface area contributed by atoms with Crippen molar-refractivity contribution >= 4 is 32.8 Å². The highest BCUT2D eigenvalue weighted by Crippen LogP contribution is 2.40. The lowest BCUT2D eigenvalue weighted by Gasteiger charge is -2.22. The molecule has 0 bridgehead atoms. The first kappa shape index (κ1) is 25.9. The number of ether oxygens (including phenoxy) is 1. The number of aromatic nitrogens is 4. The van der Waals surface area contributed by atoms with Gasteiger partial charge in [0.15, 0.2) is 0 Å². The van der Waals surface area contributed by atoms with Gasteiger partial charge in [-0.2, -0.15) is 0 Å². The van der Waals surface area contributed by atoms with Crippen LogP contribution in [-0.2, 0) is 5.41 Å². The molecule has 5 heteroatoms. The van der Waals surface area contributed by atoms with E-state index in [1.54, 1.807) is 44.0 Å². The van der Waals surface area contributed by atoms with Crippen molar-refractivity contribution in [3.8, 4) is 62.1 Å². The Balaban J connectivity index is 1.13. The molecule has 8 aromatic carbocycles. The molecule has 3 heterocycles. The maximum absolute atomic E-state index is 9.10. The van der Waals surface area contributed by atoms with Crippen molar-refractivity contribution in [3.63, 3.8) is 0 Å². The van der Waals surface area contributed by atoms with E-state index in [0.717, 1.165) is 33.7 Å². The van der Waals surface area contributed by atoms with Crippen molar-refractivity contribution in [2.75, 3.05) is 0 Å². The quantitative estimate of drug-likeness (QED) is 0.113. The molecule has 3 aromatic heterocycles. The van der Waals surface area contributed by atoms with E-state index in [1.165, 1.54) is 6.07 Å². The monoisotopic (exact) mass is 856 g/mol. The lowest BCUT2D eigenvalue weighted by molar-refractivity contribution is -0.571. The molecule has 5 nitrogen and oxygen atoms in total. The van der Waals surface area contributed by atoms with Gasteiger partial charge >= 0.3 is 0 Å². The number of benzene rings is 8. The predicted octanol–water partition coefficient (Wildman–Crippen LogP) is 14.9. The van der Waals surface area contributed by atoms with Crippen molar-refractivity contribution in [1.82, 2.24) is 14.1 Å². The molecule has 0 fully saturated rings. The molecule has 0 amide bonds. The third kappa shape index (κ3) is 7.25. The van der Waals surface area contributed by atoms with E-state index in [4.69, 9.17) is 26.7 Å². The van der Waals surface area contributed by atoms with Gasteiger partial charge in [0, 0.05) is 31.3 Å². The number of nitrogens with zero attached hydrogens (tertiary/aromatic N) is 4. The largest absolute Gasteiger partial charge is 0.458 e. The third-order valence-electron chi connectivity index (χ3n) is 11.6. The Morgan fingerprint density at radius 3 is 2.03 bits per heavy atom. The first-order valence-corrected chi connectivity index (χ1v) is 21.0. The minimum atomic E-state index is -2.78. The van der Waals surface area contributed by atoms with Gasteiger partial charge in [0.25, 0.3) is 6.33 Å². The summed E-state index contributed by atoms with van der Waals surface area (Å²) < 4.78 is 149. The zero-order valence-corrected chi connectivity index (χ0v) is 35.5. The van der Waals surface area contributed by atoms with Crippen LogP contribution in [0.25, 0.3) is 83.4 Å². The number of para-hydroxylation sites is 3. The van der Waals surface area contributed by atoms with Crippen molar-refractivity contribution in [2.24, 2.45) is 0 Å². The normalized spacial score (nSPS) is 15.7. The molecule has 65 heavy (non-hydrogen) atoms. The highest BCUT2D eigenvalue weighted by molar-refractivity contribution is 6.10. The molecule has 0 radical (unpaired) electrons. The molecular weight excluding hydrogens is 793 g/mol. The summed E-state index contributed by atoms with van der Waals surface area (Å²) in [6, 6.07) is 34.6. The van der Waals surface area contributed by atoms with Gasteiger partial charge in [0.1, 0.15) is 17.3 Å². The Hall–Kier alpha value is -8.02. The molecule has 0 atom stereocenters. The van der Waals surface area contributed by atoms with Gasteiger partial charge in [0.05, 0.1) is 47.1 Å². The minimum absolute atomic E-state index is 0.107. The summed E-state index contributed by atoms with van der Waals surface area (Å²) in [7, 11) is 0. The summed E-state index contributed by atoms with van der Waals surface area (Å²) >= 11 is 0. The number of hydrogen-bond acceptors (Lipinski definition) is 2. The molecule has 314 valence electrons. The van der Waals surface area contributed by atoms with Gasteiger partial charge in [-0.3, -0.25) is 13.7 Å². The SMILES string of the molecule is [2H]c1c([2H])c([2H])c(-c2cccc(-c3c([2H])c([2H])c([2H])c([2H])c3[2H])c2-[n+]2[c-]n(-c3cc(Oc4ccc5c6cc(-c7ccccc7)ccc6n(-c6cc(C([2H])([2H])[2H])c(C([2H])([2H])[2H])cn6)c5c4)cc(C(C)(C)C)c3)c3ccccc32)c([2H])c1[2H]. The van der Waals surface area contributed by atoms with E-state index in [0.29, 0.717) is 39.3 Å². The average molecular weight is 857 g/mol. The van der Waals surface area contributed by atoms with E-state index in [-0.39, 0.29) is 44.9 Å². The summed E-state index contributed by atoms with van der Waals surface area (Å²) in [5.74, 6) is 0.962. The van der Waals surface area contributed by atoms with Crippen LogP contribution in [0.1, 0.15) is 59.4 Å². The predicted molar refractivity (Wildman–Crippen MR) is 267 cm³/mol. The number of pyridine rings is 1. The fourth-order valence-electron chi connectivity index (χ4n) is 8.40. The summed E-state index contributed by atoms with van der Waals surface area (Å²) in [5, 5.41) is 1.60. The zero-order chi connectivity index (χ0) is 57.9. The van der Waals surface area contributed by atoms with Crippen molar-refractivity contribution < 1.29 is 31.2 Å². The molecule has 0 aliphatic heterocycles. The van der Waals surface area contributed by atoms with E-state index in [2.05, 4.69) is 11.3 Å². The van der Waals surface area contributed by atoms with Crippen LogP contribution in [0.2, 0.25) is 0 Å². The second-order valence-electron chi connectivity index (χ2n) is 16.7. The molecule has 0 spiro atoms. The smallest absolute Gasteiger partial charge is 0.269 e. The Kier molecular flexibility index (Phi) is 6.37. The second kappa shape index (κ2) is 16.0. The summed E-state index contributed by atoms with van der Waals surface area (Å²) in [4.78, 5) is 4.59. The minimum Gasteiger partial charge on any atom is -0.458 e. The Morgan fingerprint density at radius 2 is 1.31 bits per heavy atom. The standard InChI is InChI=1S/C60H48N4O/c1-40-32-58(61-38-41(40)2)64-54-31-28-45(42-18-9-6-10-19-42)33-53(54)52-30-29-48(37-57(52)64)65-49-35-46(60(3,4)5)34-47(36-49)62-39-63(56-27-16-15-26-55(56)62)59-50(43-20-11-7-12-21-43)24-17-25-51(59)44-22-13-8-14-23-44/h6-38H,1-5H3/i1D3,2D3,7D,8D,11D,12D,13D,14D,20D,21D,22D,23D. The molecular formula is C60H48N4O. The van der Waals surface area contributed by atoms with Crippen LogP contribution < -0.4 is 9.30 Å². The average Bonchev–Trinajstić information content (AvgIpc) is 4.18. The van der Waals surface area contributed by atoms with Gasteiger partial charge in [-0.05, 0) is 118 Å². The second-order valence-corrected chi connectivity index (χ2v) is 16.7. The molecule has 11 aromatic rings. The van der Waals surface area contributed by atoms with Crippen LogP contribution in [0.15, 0.2) is 200 Å². The number of aryl methyl sites for hydroxylation is 2. The first-order chi connectivity index (χ1) is 38.2. The van der Waals surface area contributed by atoms with Crippen molar-refractivity contribution in [1.29, 1.82) is 0 Å². The summed E-state index contributed by atoms with van der Waals surface area (Å²) in [5.41, 5.74) is 4.42. The Labute approximate surface area is 402 Å². The van der Waals surface area contributed by atoms with E-state index < -0.39 is 79.5 Å². The molecule has 0 aliphatic rings. The molecule has 11 rings (SSSR count). The van der Waals surface area contributed by atoms with Gasteiger partial charge in [-0.25, -0.2) is 4.98 Å². The molecule has 0 aliphatic carbocycles. The maximum Gasteiger partial charge on any atom is 0.269 e. The maximum atomic E-state index is 9.10. The molecule has 0 saturated carbocycles. The van der Waals surface area contributed by atoms with Crippen LogP contribution in [0.4, 0.5) is 0 Å². The van der Waals surface area contributed by atoms with E-state index in [1.807, 2.05) is 118 Å². The highest BCUT2D eigenvalue weighted by Gasteiger charge is 2.23. The lowest BCUT2D eigenvalue weighted by Crippen LogP contribution is -2.31. The van der Waals surface area contributed by atoms with Crippen LogP contribution >= 0.6 is 0 Å². The summed E-state index contributed by atoms with van der Waals surface area (Å²) in [6.07, 6.45) is 4.57. The van der Waals surface area contributed by atoms with E-state index in [9.17, 15) is 0 Å². The Morgan fingerprint density at radius 1 is 0.585 bits per heavy atom. The van der Waals surface area contributed by atoms with Crippen molar-refractivity contribution in [2.45, 2.75) is 39.9 Å². The fraction of sp³-hybridized carbons (Fsp3) is 0.100. The van der Waals surface area contributed by atoms with Crippen LogP contribution in [0.5, 0.6) is 11.5 Å². The van der Waals surface area contributed by atoms with Crippen LogP contribution in [0.3, 0.4) is 0 Å². The molecule has 0 unspecified atom stereocenters. The van der Waals surface area contributed by atoms with Crippen LogP contribution in [-0.4, -0.2) is 14.1 Å². The van der Waals surface area contributed by atoms with Gasteiger partial charge in [-0.1, -0.05) is 160 Å². The van der Waals surface area contributed by atoms with E-state index >= 15 is 0 Å². The highest BCUT2D eigenvalue weighted by atomic mass is 16.5. The van der Waals surface area contributed by atoms with Crippen molar-refractivity contribution in [3.05, 3.63) is 223 Å². The lowest BCUT2D eigenvalue weighted by atomic mass is 9.86. The number of hydrogen-bond donors (Lipinski definition) is 0. The zero-order valence-electron chi connectivity index (χ0n) is 51.5. The molecule has 0 N–H and O–H groups in total. The fourth-order valence-corrected chi connectivity index (χ4v) is 8.40. The third-order valence-corrected chi connectivity index (χ3v) is 11.6. The number of fused-ring (bicyclic) bond motifs is 4. The van der Waals surface area contributed by atoms with Gasteiger partial charge in [0.2, 0.25) is 0 Å².